The third-order valence-electron chi connectivity index (χ3n) is 2.30. The minimum Gasteiger partial charge on any atom is -0.370 e. The molecule has 0 aliphatic carbocycles. The van der Waals surface area contributed by atoms with Crippen LogP contribution in [0.4, 0.5) is 11.6 Å². The van der Waals surface area contributed by atoms with Gasteiger partial charge in [-0.1, -0.05) is 6.92 Å². The first kappa shape index (κ1) is 13.7. The first-order chi connectivity index (χ1) is 8.26. The molecule has 1 aromatic heterocycles. The van der Waals surface area contributed by atoms with Crippen LogP contribution in [0.2, 0.25) is 0 Å². The normalized spacial score (nSPS) is 10.3. The van der Waals surface area contributed by atoms with Crippen molar-refractivity contribution in [2.75, 3.05) is 37.3 Å². The molecule has 1 aromatic rings. The molecule has 0 aliphatic rings. The van der Waals surface area contributed by atoms with Crippen LogP contribution in [0.5, 0.6) is 0 Å². The third-order valence-corrected chi connectivity index (χ3v) is 2.30. The number of anilines is 2. The second kappa shape index (κ2) is 7.84. The molecular weight excluding hydrogens is 214 g/mol. The summed E-state index contributed by atoms with van der Waals surface area (Å²) in [7, 11) is 1.96. The number of rotatable bonds is 8. The van der Waals surface area contributed by atoms with Gasteiger partial charge in [0.05, 0.1) is 0 Å². The molecule has 0 aliphatic heterocycles. The van der Waals surface area contributed by atoms with Gasteiger partial charge >= 0.3 is 0 Å². The maximum Gasteiger partial charge on any atom is 0.131 e. The van der Waals surface area contributed by atoms with Gasteiger partial charge in [0.25, 0.3) is 0 Å². The summed E-state index contributed by atoms with van der Waals surface area (Å²) in [6.45, 7) is 6.92. The van der Waals surface area contributed by atoms with E-state index in [9.17, 15) is 0 Å². The molecule has 0 aromatic carbocycles. The standard InChI is InChI=1S/C12H23N5/c1-4-6-14-11-9-12(17-10(2)16-11)15-8-5-7-13-3/h9,13H,4-8H2,1-3H3,(H2,14,15,16,17). The smallest absolute Gasteiger partial charge is 0.131 e. The van der Waals surface area contributed by atoms with Crippen LogP contribution in [0.1, 0.15) is 25.6 Å². The molecule has 0 bridgehead atoms. The van der Waals surface area contributed by atoms with Gasteiger partial charge in [0, 0.05) is 19.2 Å². The molecule has 0 saturated heterocycles. The van der Waals surface area contributed by atoms with Crippen molar-refractivity contribution in [2.24, 2.45) is 0 Å². The first-order valence-corrected chi connectivity index (χ1v) is 6.24. The Morgan fingerprint density at radius 1 is 1.06 bits per heavy atom. The minimum atomic E-state index is 0.794. The van der Waals surface area contributed by atoms with Crippen LogP contribution in [0.3, 0.4) is 0 Å². The van der Waals surface area contributed by atoms with E-state index in [4.69, 9.17) is 0 Å². The summed E-state index contributed by atoms with van der Waals surface area (Å²) in [5.41, 5.74) is 0. The van der Waals surface area contributed by atoms with E-state index in [1.54, 1.807) is 0 Å². The topological polar surface area (TPSA) is 61.9 Å². The highest BCUT2D eigenvalue weighted by Gasteiger charge is 2.00. The summed E-state index contributed by atoms with van der Waals surface area (Å²) in [6, 6.07) is 1.96. The quantitative estimate of drug-likeness (QED) is 0.600. The summed E-state index contributed by atoms with van der Waals surface area (Å²) in [5.74, 6) is 2.59. The van der Waals surface area contributed by atoms with E-state index in [2.05, 4.69) is 32.8 Å². The number of nitrogens with one attached hydrogen (secondary N) is 3. The van der Waals surface area contributed by atoms with Crippen molar-refractivity contribution in [1.82, 2.24) is 15.3 Å². The Balaban J connectivity index is 2.50. The lowest BCUT2D eigenvalue weighted by molar-refractivity contribution is 0.746. The van der Waals surface area contributed by atoms with Gasteiger partial charge < -0.3 is 16.0 Å². The molecule has 5 nitrogen and oxygen atoms in total. The van der Waals surface area contributed by atoms with Crippen molar-refractivity contribution in [3.05, 3.63) is 11.9 Å². The SMILES string of the molecule is CCCNc1cc(NCCCNC)nc(C)n1. The molecule has 0 radical (unpaired) electrons. The molecule has 1 rings (SSSR count). The van der Waals surface area contributed by atoms with Gasteiger partial charge in [-0.15, -0.1) is 0 Å². The Bertz CT molecular complexity index is 327. The van der Waals surface area contributed by atoms with Gasteiger partial charge in [-0.05, 0) is 33.4 Å². The monoisotopic (exact) mass is 237 g/mol. The summed E-state index contributed by atoms with van der Waals surface area (Å²) < 4.78 is 0. The van der Waals surface area contributed by atoms with E-state index in [1.165, 1.54) is 0 Å². The van der Waals surface area contributed by atoms with E-state index >= 15 is 0 Å². The Kier molecular flexibility index (Phi) is 6.32. The Labute approximate surface area is 103 Å². The van der Waals surface area contributed by atoms with E-state index < -0.39 is 0 Å². The lowest BCUT2D eigenvalue weighted by atomic mass is 10.4. The van der Waals surface area contributed by atoms with Gasteiger partial charge in [-0.25, -0.2) is 9.97 Å². The molecule has 96 valence electrons. The predicted molar refractivity (Wildman–Crippen MR) is 72.6 cm³/mol. The highest BCUT2D eigenvalue weighted by molar-refractivity contribution is 5.47. The largest absolute Gasteiger partial charge is 0.370 e. The molecule has 0 saturated carbocycles. The van der Waals surface area contributed by atoms with Crippen molar-refractivity contribution < 1.29 is 0 Å². The van der Waals surface area contributed by atoms with Crippen molar-refractivity contribution >= 4 is 11.6 Å². The molecule has 0 unspecified atom stereocenters. The minimum absolute atomic E-state index is 0.794. The average Bonchev–Trinajstić information content (AvgIpc) is 2.31. The first-order valence-electron chi connectivity index (χ1n) is 6.24. The number of nitrogens with zero attached hydrogens (tertiary/aromatic N) is 2. The van der Waals surface area contributed by atoms with Gasteiger partial charge in [0.15, 0.2) is 0 Å². The highest BCUT2D eigenvalue weighted by Crippen LogP contribution is 2.10. The van der Waals surface area contributed by atoms with Crippen molar-refractivity contribution in [3.8, 4) is 0 Å². The summed E-state index contributed by atoms with van der Waals surface area (Å²) in [5, 5.41) is 9.70. The van der Waals surface area contributed by atoms with Crippen LogP contribution >= 0.6 is 0 Å². The fraction of sp³-hybridized carbons (Fsp3) is 0.667. The highest BCUT2D eigenvalue weighted by atomic mass is 15.1. The van der Waals surface area contributed by atoms with Crippen molar-refractivity contribution in [1.29, 1.82) is 0 Å². The summed E-state index contributed by atoms with van der Waals surface area (Å²) in [4.78, 5) is 8.70. The van der Waals surface area contributed by atoms with Gasteiger partial charge in [-0.3, -0.25) is 0 Å². The Morgan fingerprint density at radius 2 is 1.71 bits per heavy atom. The lowest BCUT2D eigenvalue weighted by Crippen LogP contribution is -2.14. The molecular formula is C12H23N5. The van der Waals surface area contributed by atoms with E-state index in [1.807, 2.05) is 20.0 Å². The van der Waals surface area contributed by atoms with Gasteiger partial charge in [-0.2, -0.15) is 0 Å². The molecule has 1 heterocycles. The molecule has 0 spiro atoms. The maximum absolute atomic E-state index is 4.36. The molecule has 5 heteroatoms. The fourth-order valence-electron chi connectivity index (χ4n) is 1.48. The molecule has 3 N–H and O–H groups in total. The second-order valence-electron chi connectivity index (χ2n) is 4.00. The van der Waals surface area contributed by atoms with Gasteiger partial charge in [0.1, 0.15) is 17.5 Å². The predicted octanol–water partition coefficient (Wildman–Crippen LogP) is 1.63. The van der Waals surface area contributed by atoms with Crippen LogP contribution in [0, 0.1) is 6.92 Å². The number of hydrogen-bond acceptors (Lipinski definition) is 5. The Morgan fingerprint density at radius 3 is 2.29 bits per heavy atom. The second-order valence-corrected chi connectivity index (χ2v) is 4.00. The van der Waals surface area contributed by atoms with Crippen LogP contribution in [0.25, 0.3) is 0 Å². The van der Waals surface area contributed by atoms with Gasteiger partial charge in [0.2, 0.25) is 0 Å². The molecule has 0 atom stereocenters. The van der Waals surface area contributed by atoms with Crippen LogP contribution in [-0.4, -0.2) is 36.6 Å². The van der Waals surface area contributed by atoms with E-state index in [0.717, 1.165) is 49.9 Å². The molecule has 17 heavy (non-hydrogen) atoms. The Hall–Kier alpha value is -1.36. The number of hydrogen-bond donors (Lipinski definition) is 3. The molecule has 0 amide bonds. The molecule has 0 fully saturated rings. The lowest BCUT2D eigenvalue weighted by Gasteiger charge is -2.09. The van der Waals surface area contributed by atoms with Crippen LogP contribution < -0.4 is 16.0 Å². The maximum atomic E-state index is 4.36. The van der Waals surface area contributed by atoms with Crippen LogP contribution in [0.15, 0.2) is 6.07 Å². The zero-order valence-electron chi connectivity index (χ0n) is 11.0. The number of aryl methyl sites for hydroxylation is 1. The zero-order valence-corrected chi connectivity index (χ0v) is 11.0. The van der Waals surface area contributed by atoms with Crippen molar-refractivity contribution in [2.45, 2.75) is 26.7 Å². The van der Waals surface area contributed by atoms with Crippen molar-refractivity contribution in [3.63, 3.8) is 0 Å². The third kappa shape index (κ3) is 5.49. The van der Waals surface area contributed by atoms with E-state index in [-0.39, 0.29) is 0 Å². The zero-order chi connectivity index (χ0) is 12.5. The van der Waals surface area contributed by atoms with E-state index in [0.29, 0.717) is 0 Å². The fourth-order valence-corrected chi connectivity index (χ4v) is 1.48. The number of aromatic nitrogens is 2. The summed E-state index contributed by atoms with van der Waals surface area (Å²) in [6.07, 6.45) is 2.17. The van der Waals surface area contributed by atoms with Crippen LogP contribution in [-0.2, 0) is 0 Å². The summed E-state index contributed by atoms with van der Waals surface area (Å²) >= 11 is 0. The average molecular weight is 237 g/mol.